The average Bonchev–Trinajstić information content (AvgIpc) is 2.53. The van der Waals surface area contributed by atoms with E-state index in [0.29, 0.717) is 6.42 Å². The summed E-state index contributed by atoms with van der Waals surface area (Å²) in [4.78, 5) is 46.3. The highest BCUT2D eigenvalue weighted by Gasteiger charge is 2.31. The number of carboxylic acid groups (broad SMARTS) is 1. The number of hydrogen-bond donors (Lipinski definition) is 6. The maximum atomic E-state index is 12.3. The second-order valence-electron chi connectivity index (χ2n) is 5.47. The molecule has 0 rings (SSSR count). The molecule has 0 aromatic rings. The van der Waals surface area contributed by atoms with E-state index in [1.54, 1.807) is 13.8 Å². The predicted octanol–water partition coefficient (Wildman–Crippen LogP) is -2.46. The van der Waals surface area contributed by atoms with Crippen molar-refractivity contribution < 1.29 is 29.4 Å². The fourth-order valence-electron chi connectivity index (χ4n) is 1.86. The summed E-state index contributed by atoms with van der Waals surface area (Å²) in [6.07, 6.45) is -0.667. The van der Waals surface area contributed by atoms with Crippen molar-refractivity contribution in [3.63, 3.8) is 0 Å². The number of amides is 3. The highest BCUT2D eigenvalue weighted by molar-refractivity contribution is 5.93. The minimum Gasteiger partial charge on any atom is -0.480 e. The summed E-state index contributed by atoms with van der Waals surface area (Å²) in [7, 11) is 0. The number of aliphatic hydroxyl groups excluding tert-OH is 1. The standard InChI is InChI=1S/C14H26N4O6/c1-4-7(2)11(13(23)16-6-10(21)22)18-14(24)12(8(3)19)17-9(20)5-15/h7-8,11-12,19H,4-6,15H2,1-3H3,(H,16,23)(H,17,20)(H,18,24)(H,21,22). The summed E-state index contributed by atoms with van der Waals surface area (Å²) in [6.45, 7) is 3.89. The van der Waals surface area contributed by atoms with E-state index < -0.39 is 48.4 Å². The van der Waals surface area contributed by atoms with Crippen molar-refractivity contribution in [1.82, 2.24) is 16.0 Å². The van der Waals surface area contributed by atoms with Crippen molar-refractivity contribution in [2.75, 3.05) is 13.1 Å². The highest BCUT2D eigenvalue weighted by Crippen LogP contribution is 2.09. The molecule has 10 nitrogen and oxygen atoms in total. The number of aliphatic hydroxyl groups is 1. The molecule has 0 aliphatic carbocycles. The number of carboxylic acids is 1. The Morgan fingerprint density at radius 2 is 1.62 bits per heavy atom. The van der Waals surface area contributed by atoms with Gasteiger partial charge in [-0.05, 0) is 12.8 Å². The van der Waals surface area contributed by atoms with Crippen LogP contribution in [0.2, 0.25) is 0 Å². The summed E-state index contributed by atoms with van der Waals surface area (Å²) < 4.78 is 0. The van der Waals surface area contributed by atoms with Crippen LogP contribution in [0.25, 0.3) is 0 Å². The number of nitrogens with two attached hydrogens (primary N) is 1. The first kappa shape index (κ1) is 21.8. The second kappa shape index (κ2) is 10.6. The summed E-state index contributed by atoms with van der Waals surface area (Å²) in [5.74, 6) is -3.55. The van der Waals surface area contributed by atoms with E-state index in [2.05, 4.69) is 16.0 Å². The van der Waals surface area contributed by atoms with Gasteiger partial charge in [-0.3, -0.25) is 19.2 Å². The van der Waals surface area contributed by atoms with Crippen molar-refractivity contribution in [3.05, 3.63) is 0 Å². The largest absolute Gasteiger partial charge is 0.480 e. The molecule has 0 saturated carbocycles. The van der Waals surface area contributed by atoms with Gasteiger partial charge >= 0.3 is 5.97 Å². The van der Waals surface area contributed by atoms with Gasteiger partial charge in [-0.15, -0.1) is 0 Å². The first-order valence-corrected chi connectivity index (χ1v) is 7.61. The van der Waals surface area contributed by atoms with Gasteiger partial charge in [0.15, 0.2) is 0 Å². The quantitative estimate of drug-likeness (QED) is 0.255. The number of hydrogen-bond acceptors (Lipinski definition) is 6. The van der Waals surface area contributed by atoms with Gasteiger partial charge in [0, 0.05) is 0 Å². The Labute approximate surface area is 140 Å². The molecule has 0 heterocycles. The van der Waals surface area contributed by atoms with E-state index in [-0.39, 0.29) is 12.5 Å². The monoisotopic (exact) mass is 346 g/mol. The van der Waals surface area contributed by atoms with Gasteiger partial charge in [0.25, 0.3) is 0 Å². The third-order valence-electron chi connectivity index (χ3n) is 3.47. The molecule has 0 aromatic carbocycles. The molecule has 0 fully saturated rings. The maximum absolute atomic E-state index is 12.3. The average molecular weight is 346 g/mol. The zero-order valence-corrected chi connectivity index (χ0v) is 14.0. The van der Waals surface area contributed by atoms with Crippen LogP contribution >= 0.6 is 0 Å². The van der Waals surface area contributed by atoms with Crippen LogP contribution in [0.5, 0.6) is 0 Å². The van der Waals surface area contributed by atoms with Crippen LogP contribution in [-0.2, 0) is 19.2 Å². The Morgan fingerprint density at radius 3 is 2.04 bits per heavy atom. The van der Waals surface area contributed by atoms with Crippen LogP contribution in [-0.4, -0.2) is 65.2 Å². The molecule has 7 N–H and O–H groups in total. The van der Waals surface area contributed by atoms with Crippen LogP contribution in [0, 0.1) is 5.92 Å². The molecular formula is C14H26N4O6. The Morgan fingerprint density at radius 1 is 1.04 bits per heavy atom. The van der Waals surface area contributed by atoms with Gasteiger partial charge in [-0.2, -0.15) is 0 Å². The molecule has 0 aliphatic heterocycles. The lowest BCUT2D eigenvalue weighted by Gasteiger charge is -2.27. The van der Waals surface area contributed by atoms with Gasteiger partial charge in [-0.1, -0.05) is 20.3 Å². The van der Waals surface area contributed by atoms with Gasteiger partial charge in [-0.25, -0.2) is 0 Å². The summed E-state index contributed by atoms with van der Waals surface area (Å²) in [5, 5.41) is 25.2. The fraction of sp³-hybridized carbons (Fsp3) is 0.714. The molecule has 0 saturated heterocycles. The van der Waals surface area contributed by atoms with Gasteiger partial charge in [0.2, 0.25) is 17.7 Å². The second-order valence-corrected chi connectivity index (χ2v) is 5.47. The smallest absolute Gasteiger partial charge is 0.322 e. The molecule has 4 atom stereocenters. The van der Waals surface area contributed by atoms with Crippen molar-refractivity contribution in [2.45, 2.75) is 45.4 Å². The van der Waals surface area contributed by atoms with Gasteiger partial charge < -0.3 is 31.9 Å². The Balaban J connectivity index is 5.09. The summed E-state index contributed by atoms with van der Waals surface area (Å²) in [5.41, 5.74) is 5.16. The van der Waals surface area contributed by atoms with Gasteiger partial charge in [0.05, 0.1) is 12.6 Å². The SMILES string of the molecule is CCC(C)C(NC(=O)C(NC(=O)CN)C(C)O)C(=O)NCC(=O)O. The minimum atomic E-state index is -1.28. The molecule has 0 radical (unpaired) electrons. The van der Waals surface area contributed by atoms with Crippen LogP contribution in [0.3, 0.4) is 0 Å². The third kappa shape index (κ3) is 7.38. The molecule has 0 spiro atoms. The number of aliphatic carboxylic acids is 1. The van der Waals surface area contributed by atoms with E-state index in [4.69, 9.17) is 10.8 Å². The normalized spacial score (nSPS) is 15.5. The van der Waals surface area contributed by atoms with E-state index in [1.807, 2.05) is 0 Å². The number of rotatable bonds is 10. The molecule has 4 unspecified atom stereocenters. The molecule has 10 heteroatoms. The molecule has 0 aromatic heterocycles. The molecule has 0 bridgehead atoms. The van der Waals surface area contributed by atoms with Crippen molar-refractivity contribution >= 4 is 23.7 Å². The highest BCUT2D eigenvalue weighted by atomic mass is 16.4. The number of nitrogens with one attached hydrogen (secondary N) is 3. The summed E-state index contributed by atoms with van der Waals surface area (Å²) in [6, 6.07) is -2.28. The fourth-order valence-corrected chi connectivity index (χ4v) is 1.86. The van der Waals surface area contributed by atoms with E-state index in [0.717, 1.165) is 0 Å². The summed E-state index contributed by atoms with van der Waals surface area (Å²) >= 11 is 0. The maximum Gasteiger partial charge on any atom is 0.322 e. The number of carbonyl (C=O) groups excluding carboxylic acids is 3. The predicted molar refractivity (Wildman–Crippen MR) is 84.7 cm³/mol. The van der Waals surface area contributed by atoms with Crippen LogP contribution in [0.15, 0.2) is 0 Å². The van der Waals surface area contributed by atoms with E-state index in [9.17, 15) is 24.3 Å². The van der Waals surface area contributed by atoms with E-state index in [1.165, 1.54) is 6.92 Å². The van der Waals surface area contributed by atoms with Crippen LogP contribution in [0.1, 0.15) is 27.2 Å². The lowest BCUT2D eigenvalue weighted by Crippen LogP contribution is -2.59. The van der Waals surface area contributed by atoms with Gasteiger partial charge in [0.1, 0.15) is 18.6 Å². The molecule has 24 heavy (non-hydrogen) atoms. The van der Waals surface area contributed by atoms with Crippen LogP contribution < -0.4 is 21.7 Å². The topological polar surface area (TPSA) is 171 Å². The molecule has 138 valence electrons. The zero-order valence-electron chi connectivity index (χ0n) is 14.0. The first-order valence-electron chi connectivity index (χ1n) is 7.61. The number of carbonyl (C=O) groups is 4. The molecule has 0 aliphatic rings. The Hall–Kier alpha value is -2.20. The van der Waals surface area contributed by atoms with Crippen LogP contribution in [0.4, 0.5) is 0 Å². The van der Waals surface area contributed by atoms with Crippen molar-refractivity contribution in [1.29, 1.82) is 0 Å². The lowest BCUT2D eigenvalue weighted by molar-refractivity contribution is -0.139. The van der Waals surface area contributed by atoms with Crippen molar-refractivity contribution in [3.8, 4) is 0 Å². The van der Waals surface area contributed by atoms with E-state index >= 15 is 0 Å². The molecular weight excluding hydrogens is 320 g/mol. The Bertz CT molecular complexity index is 468. The Kier molecular flexibility index (Phi) is 9.58. The molecule has 3 amide bonds. The third-order valence-corrected chi connectivity index (χ3v) is 3.47. The van der Waals surface area contributed by atoms with Crippen molar-refractivity contribution in [2.24, 2.45) is 11.7 Å². The zero-order chi connectivity index (χ0) is 18.9. The minimum absolute atomic E-state index is 0.289. The first-order chi connectivity index (χ1) is 11.1. The lowest BCUT2D eigenvalue weighted by atomic mass is 9.97.